The minimum atomic E-state index is -1.11. The van der Waals surface area contributed by atoms with Crippen molar-refractivity contribution in [2.45, 2.75) is 58.2 Å². The number of carbonyl (C=O) groups is 3. The molecule has 0 spiro atoms. The van der Waals surface area contributed by atoms with Crippen LogP contribution in [0.25, 0.3) is 11.1 Å². The van der Waals surface area contributed by atoms with E-state index < -0.39 is 30.1 Å². The highest BCUT2D eigenvalue weighted by atomic mass is 16.5. The van der Waals surface area contributed by atoms with Gasteiger partial charge in [0.1, 0.15) is 12.6 Å². The molecule has 1 aliphatic carbocycles. The molecule has 2 unspecified atom stereocenters. The molecule has 8 nitrogen and oxygen atoms in total. The minimum Gasteiger partial charge on any atom is -0.480 e. The van der Waals surface area contributed by atoms with Crippen LogP contribution in [0.3, 0.4) is 0 Å². The third-order valence-corrected chi connectivity index (χ3v) is 7.38. The van der Waals surface area contributed by atoms with Crippen molar-refractivity contribution in [3.05, 3.63) is 95.6 Å². The number of carboxylic acids is 1. The number of likely N-dealkylation sites (N-methyl/N-ethyl adjacent to an activating group) is 1. The van der Waals surface area contributed by atoms with Crippen LogP contribution in [0, 0.1) is 5.41 Å². The van der Waals surface area contributed by atoms with Gasteiger partial charge in [-0.05, 0) is 46.7 Å². The van der Waals surface area contributed by atoms with Gasteiger partial charge in [0.05, 0.1) is 0 Å². The van der Waals surface area contributed by atoms with E-state index in [0.717, 1.165) is 27.8 Å². The largest absolute Gasteiger partial charge is 0.480 e. The molecule has 0 radical (unpaired) electrons. The van der Waals surface area contributed by atoms with Crippen LogP contribution in [0.2, 0.25) is 0 Å². The SMILES string of the molecule is CN(Cc1ccccc1)CC(NC(=O)CC(CC(C)(C)C)NC(=O)OCC1c2ccccc2-c2ccccc21)C(=O)O. The summed E-state index contributed by atoms with van der Waals surface area (Å²) in [5.41, 5.74) is 5.39. The highest BCUT2D eigenvalue weighted by Gasteiger charge is 2.30. The van der Waals surface area contributed by atoms with Crippen molar-refractivity contribution in [2.24, 2.45) is 5.41 Å². The number of benzene rings is 3. The van der Waals surface area contributed by atoms with Crippen molar-refractivity contribution in [2.75, 3.05) is 20.2 Å². The lowest BCUT2D eigenvalue weighted by molar-refractivity contribution is -0.142. The molecule has 0 saturated heterocycles. The van der Waals surface area contributed by atoms with E-state index in [9.17, 15) is 19.5 Å². The van der Waals surface area contributed by atoms with E-state index in [1.165, 1.54) is 0 Å². The summed E-state index contributed by atoms with van der Waals surface area (Å²) >= 11 is 0. The van der Waals surface area contributed by atoms with Gasteiger partial charge in [-0.25, -0.2) is 9.59 Å². The van der Waals surface area contributed by atoms with Crippen LogP contribution >= 0.6 is 0 Å². The molecule has 0 saturated carbocycles. The summed E-state index contributed by atoms with van der Waals surface area (Å²) in [5, 5.41) is 15.3. The lowest BCUT2D eigenvalue weighted by Gasteiger charge is -2.27. The van der Waals surface area contributed by atoms with Crippen LogP contribution in [-0.2, 0) is 20.9 Å². The average molecular weight is 572 g/mol. The van der Waals surface area contributed by atoms with Crippen molar-refractivity contribution < 1.29 is 24.2 Å². The summed E-state index contributed by atoms with van der Waals surface area (Å²) in [4.78, 5) is 39.8. The number of nitrogens with zero attached hydrogens (tertiary/aromatic N) is 1. The van der Waals surface area contributed by atoms with E-state index >= 15 is 0 Å². The molecule has 1 aliphatic rings. The zero-order chi connectivity index (χ0) is 30.3. The van der Waals surface area contributed by atoms with Crippen LogP contribution in [0.1, 0.15) is 56.2 Å². The first-order valence-corrected chi connectivity index (χ1v) is 14.4. The molecule has 2 atom stereocenters. The summed E-state index contributed by atoms with van der Waals surface area (Å²) < 4.78 is 5.71. The average Bonchev–Trinajstić information content (AvgIpc) is 3.24. The predicted molar refractivity (Wildman–Crippen MR) is 163 cm³/mol. The molecule has 2 amide bonds. The Bertz CT molecular complexity index is 1340. The van der Waals surface area contributed by atoms with Crippen LogP contribution in [0.4, 0.5) is 4.79 Å². The summed E-state index contributed by atoms with van der Waals surface area (Å²) in [6.45, 7) is 6.93. The summed E-state index contributed by atoms with van der Waals surface area (Å²) in [6.07, 6.45) is -0.152. The van der Waals surface area contributed by atoms with E-state index in [0.29, 0.717) is 13.0 Å². The second-order valence-corrected chi connectivity index (χ2v) is 12.3. The second-order valence-electron chi connectivity index (χ2n) is 12.3. The van der Waals surface area contributed by atoms with Crippen LogP contribution < -0.4 is 10.6 Å². The summed E-state index contributed by atoms with van der Waals surface area (Å²) in [6, 6.07) is 24.4. The molecule has 3 N–H and O–H groups in total. The van der Waals surface area contributed by atoms with Crippen LogP contribution in [0.5, 0.6) is 0 Å². The third-order valence-electron chi connectivity index (χ3n) is 7.38. The molecule has 0 fully saturated rings. The van der Waals surface area contributed by atoms with Gasteiger partial charge in [-0.2, -0.15) is 0 Å². The first-order chi connectivity index (χ1) is 20.0. The fraction of sp³-hybridized carbons (Fsp3) is 0.382. The number of ether oxygens (including phenoxy) is 1. The Balaban J connectivity index is 1.35. The second kappa shape index (κ2) is 13.7. The molecule has 4 rings (SSSR count). The lowest BCUT2D eigenvalue weighted by atomic mass is 9.87. The molecular formula is C34H41N3O5. The van der Waals surface area contributed by atoms with Gasteiger partial charge in [-0.3, -0.25) is 9.69 Å². The van der Waals surface area contributed by atoms with E-state index in [2.05, 4.69) is 34.9 Å². The van der Waals surface area contributed by atoms with Crippen molar-refractivity contribution in [3.63, 3.8) is 0 Å². The Morgan fingerprint density at radius 1 is 0.881 bits per heavy atom. The number of aliphatic carboxylic acids is 1. The van der Waals surface area contributed by atoms with Gasteiger partial charge in [0.25, 0.3) is 0 Å². The number of alkyl carbamates (subject to hydrolysis) is 1. The molecule has 3 aromatic carbocycles. The van der Waals surface area contributed by atoms with Crippen LogP contribution in [0.15, 0.2) is 78.9 Å². The van der Waals surface area contributed by atoms with Gasteiger partial charge in [0, 0.05) is 31.5 Å². The highest BCUT2D eigenvalue weighted by molar-refractivity contribution is 5.84. The molecule has 8 heteroatoms. The number of nitrogens with one attached hydrogen (secondary N) is 2. The Labute approximate surface area is 248 Å². The number of hydrogen-bond acceptors (Lipinski definition) is 5. The normalized spacial score (nSPS) is 14.0. The molecule has 3 aromatic rings. The van der Waals surface area contributed by atoms with Crippen molar-refractivity contribution in [1.29, 1.82) is 0 Å². The van der Waals surface area contributed by atoms with E-state index in [-0.39, 0.29) is 30.9 Å². The van der Waals surface area contributed by atoms with E-state index in [1.807, 2.05) is 87.3 Å². The Morgan fingerprint density at radius 3 is 2.02 bits per heavy atom. The predicted octanol–water partition coefficient (Wildman–Crippen LogP) is 5.42. The fourth-order valence-electron chi connectivity index (χ4n) is 5.65. The minimum absolute atomic E-state index is 0.0619. The highest BCUT2D eigenvalue weighted by Crippen LogP contribution is 2.44. The number of carbonyl (C=O) groups excluding carboxylic acids is 2. The van der Waals surface area contributed by atoms with Crippen molar-refractivity contribution in [3.8, 4) is 11.1 Å². The fourth-order valence-corrected chi connectivity index (χ4v) is 5.65. The zero-order valence-electron chi connectivity index (χ0n) is 24.8. The number of amides is 2. The summed E-state index contributed by atoms with van der Waals surface area (Å²) in [7, 11) is 1.82. The topological polar surface area (TPSA) is 108 Å². The van der Waals surface area contributed by atoms with Crippen molar-refractivity contribution in [1.82, 2.24) is 15.5 Å². The molecular weight excluding hydrogens is 530 g/mol. The standard InChI is InChI=1S/C34H41N3O5/c1-34(2,3)19-24(18-31(38)36-30(32(39)40)21-37(4)20-23-12-6-5-7-13-23)35-33(41)42-22-29-27-16-10-8-14-25(27)26-15-9-11-17-28(26)29/h5-17,24,29-30H,18-22H2,1-4H3,(H,35,41)(H,36,38)(H,39,40). The number of rotatable bonds is 12. The zero-order valence-corrected chi connectivity index (χ0v) is 24.8. The van der Waals surface area contributed by atoms with Gasteiger partial charge < -0.3 is 20.5 Å². The Hall–Kier alpha value is -4.17. The van der Waals surface area contributed by atoms with Crippen molar-refractivity contribution >= 4 is 18.0 Å². The van der Waals surface area contributed by atoms with E-state index in [4.69, 9.17) is 4.74 Å². The Morgan fingerprint density at radius 2 is 1.45 bits per heavy atom. The first kappa shape index (κ1) is 30.8. The molecule has 0 aliphatic heterocycles. The number of fused-ring (bicyclic) bond motifs is 3. The lowest BCUT2D eigenvalue weighted by Crippen LogP contribution is -2.49. The molecule has 42 heavy (non-hydrogen) atoms. The summed E-state index contributed by atoms with van der Waals surface area (Å²) in [5.74, 6) is -1.62. The maximum atomic E-state index is 13.0. The monoisotopic (exact) mass is 571 g/mol. The number of carboxylic acid groups (broad SMARTS) is 1. The van der Waals surface area contributed by atoms with Gasteiger partial charge >= 0.3 is 12.1 Å². The molecule has 0 aromatic heterocycles. The van der Waals surface area contributed by atoms with Gasteiger partial charge in [0.15, 0.2) is 0 Å². The quantitative estimate of drug-likeness (QED) is 0.268. The van der Waals surface area contributed by atoms with Crippen LogP contribution in [-0.4, -0.2) is 60.3 Å². The van der Waals surface area contributed by atoms with Gasteiger partial charge in [-0.1, -0.05) is 99.6 Å². The molecule has 0 bridgehead atoms. The molecule has 222 valence electrons. The first-order valence-electron chi connectivity index (χ1n) is 14.4. The maximum Gasteiger partial charge on any atom is 0.407 e. The number of hydrogen-bond donors (Lipinski definition) is 3. The van der Waals surface area contributed by atoms with E-state index in [1.54, 1.807) is 0 Å². The molecule has 0 heterocycles. The smallest absolute Gasteiger partial charge is 0.407 e. The van der Waals surface area contributed by atoms with Gasteiger partial charge in [-0.15, -0.1) is 0 Å². The third kappa shape index (κ3) is 8.42. The maximum absolute atomic E-state index is 13.0. The Kier molecular flexibility index (Phi) is 10.0. The van der Waals surface area contributed by atoms with Gasteiger partial charge in [0.2, 0.25) is 5.91 Å².